The fourth-order valence-electron chi connectivity index (χ4n) is 3.14. The number of anilines is 2. The molecule has 0 atom stereocenters. The lowest BCUT2D eigenvalue weighted by Crippen LogP contribution is -2.49. The molecule has 2 fully saturated rings. The van der Waals surface area contributed by atoms with E-state index in [2.05, 4.69) is 22.3 Å². The highest BCUT2D eigenvalue weighted by Crippen LogP contribution is 2.22. The third kappa shape index (κ3) is 3.94. The summed E-state index contributed by atoms with van der Waals surface area (Å²) in [6, 6.07) is 7.98. The molecule has 3 amide bonds. The van der Waals surface area contributed by atoms with Crippen LogP contribution in [0.25, 0.3) is 0 Å². The van der Waals surface area contributed by atoms with Gasteiger partial charge in [0.1, 0.15) is 0 Å². The first kappa shape index (κ1) is 15.6. The number of piperidine rings is 1. The van der Waals surface area contributed by atoms with Crippen LogP contribution < -0.4 is 10.2 Å². The summed E-state index contributed by atoms with van der Waals surface area (Å²) in [4.78, 5) is 28.8. The van der Waals surface area contributed by atoms with Crippen LogP contribution in [0.1, 0.15) is 19.3 Å². The van der Waals surface area contributed by atoms with Gasteiger partial charge in [0.15, 0.2) is 0 Å². The van der Waals surface area contributed by atoms with E-state index in [4.69, 9.17) is 0 Å². The summed E-state index contributed by atoms with van der Waals surface area (Å²) in [6.45, 7) is 4.60. The molecule has 0 aliphatic carbocycles. The smallest absolute Gasteiger partial charge is 0.321 e. The summed E-state index contributed by atoms with van der Waals surface area (Å²) >= 11 is 0. The number of urea groups is 1. The van der Waals surface area contributed by atoms with Crippen molar-refractivity contribution in [2.75, 3.05) is 49.5 Å². The normalized spacial score (nSPS) is 18.7. The van der Waals surface area contributed by atoms with Gasteiger partial charge in [-0.05, 0) is 43.5 Å². The van der Waals surface area contributed by atoms with Gasteiger partial charge in [-0.15, -0.1) is 0 Å². The van der Waals surface area contributed by atoms with Crippen molar-refractivity contribution in [3.8, 4) is 0 Å². The molecule has 6 nitrogen and oxygen atoms in total. The van der Waals surface area contributed by atoms with E-state index in [1.54, 1.807) is 9.80 Å². The van der Waals surface area contributed by atoms with Gasteiger partial charge in [0.25, 0.3) is 0 Å². The van der Waals surface area contributed by atoms with Crippen molar-refractivity contribution >= 4 is 23.8 Å². The molecule has 0 radical (unpaired) electrons. The molecular weight excluding hydrogens is 292 g/mol. The van der Waals surface area contributed by atoms with Crippen molar-refractivity contribution in [1.82, 2.24) is 9.80 Å². The number of piperazine rings is 1. The van der Waals surface area contributed by atoms with E-state index in [-0.39, 0.29) is 6.03 Å². The van der Waals surface area contributed by atoms with Crippen molar-refractivity contribution in [3.63, 3.8) is 0 Å². The molecule has 124 valence electrons. The molecule has 2 aliphatic heterocycles. The Labute approximate surface area is 137 Å². The van der Waals surface area contributed by atoms with Crippen LogP contribution in [0.3, 0.4) is 0 Å². The van der Waals surface area contributed by atoms with Crippen LogP contribution >= 0.6 is 0 Å². The zero-order valence-electron chi connectivity index (χ0n) is 13.4. The number of nitrogens with one attached hydrogen (secondary N) is 1. The summed E-state index contributed by atoms with van der Waals surface area (Å²) in [5, 5.41) is 2.94. The zero-order valence-corrected chi connectivity index (χ0v) is 13.4. The van der Waals surface area contributed by atoms with Crippen LogP contribution in [0.2, 0.25) is 0 Å². The fraction of sp³-hybridized carbons (Fsp3) is 0.529. The average Bonchev–Trinajstić information content (AvgIpc) is 2.63. The number of hydrogen-bond donors (Lipinski definition) is 1. The highest BCUT2D eigenvalue weighted by Gasteiger charge is 2.20. The number of hydrogen-bond acceptors (Lipinski definition) is 3. The Morgan fingerprint density at radius 3 is 2.17 bits per heavy atom. The van der Waals surface area contributed by atoms with E-state index in [1.807, 2.05) is 12.1 Å². The van der Waals surface area contributed by atoms with Gasteiger partial charge >= 0.3 is 6.03 Å². The number of nitrogens with zero attached hydrogens (tertiary/aromatic N) is 3. The summed E-state index contributed by atoms with van der Waals surface area (Å²) in [5.74, 6) is 0. The molecular formula is C17H24N4O2. The van der Waals surface area contributed by atoms with Crippen LogP contribution in [0.5, 0.6) is 0 Å². The maximum Gasteiger partial charge on any atom is 0.321 e. The lowest BCUT2D eigenvalue weighted by atomic mass is 10.1. The largest absolute Gasteiger partial charge is 0.372 e. The Morgan fingerprint density at radius 1 is 0.913 bits per heavy atom. The zero-order chi connectivity index (χ0) is 16.1. The Balaban J connectivity index is 1.53. The molecule has 0 saturated carbocycles. The molecule has 2 heterocycles. The fourth-order valence-corrected chi connectivity index (χ4v) is 3.14. The van der Waals surface area contributed by atoms with Gasteiger partial charge in [-0.3, -0.25) is 4.79 Å². The molecule has 0 spiro atoms. The molecule has 1 aromatic rings. The topological polar surface area (TPSA) is 55.9 Å². The van der Waals surface area contributed by atoms with Gasteiger partial charge < -0.3 is 20.0 Å². The molecule has 2 aliphatic rings. The SMILES string of the molecule is O=CN1CCN(C(=O)Nc2ccc(N3CCCCC3)cc2)CC1. The minimum atomic E-state index is -0.0960. The summed E-state index contributed by atoms with van der Waals surface area (Å²) < 4.78 is 0. The predicted molar refractivity (Wildman–Crippen MR) is 90.7 cm³/mol. The van der Waals surface area contributed by atoms with E-state index >= 15 is 0 Å². The summed E-state index contributed by atoms with van der Waals surface area (Å²) in [5.41, 5.74) is 2.04. The van der Waals surface area contributed by atoms with Crippen molar-refractivity contribution in [3.05, 3.63) is 24.3 Å². The monoisotopic (exact) mass is 316 g/mol. The summed E-state index contributed by atoms with van der Waals surface area (Å²) in [6.07, 6.45) is 4.67. The van der Waals surface area contributed by atoms with Crippen molar-refractivity contribution in [1.29, 1.82) is 0 Å². The Bertz CT molecular complexity index is 532. The Kier molecular flexibility index (Phi) is 5.00. The van der Waals surface area contributed by atoms with E-state index in [0.29, 0.717) is 26.2 Å². The Morgan fingerprint density at radius 2 is 1.57 bits per heavy atom. The third-order valence-corrected chi connectivity index (χ3v) is 4.59. The molecule has 0 unspecified atom stereocenters. The molecule has 23 heavy (non-hydrogen) atoms. The average molecular weight is 316 g/mol. The molecule has 6 heteroatoms. The molecule has 3 rings (SSSR count). The quantitative estimate of drug-likeness (QED) is 0.868. The molecule has 1 aromatic carbocycles. The lowest BCUT2D eigenvalue weighted by molar-refractivity contribution is -0.119. The van der Waals surface area contributed by atoms with Gasteiger partial charge in [-0.1, -0.05) is 0 Å². The maximum atomic E-state index is 12.2. The van der Waals surface area contributed by atoms with Gasteiger partial charge in [0, 0.05) is 50.6 Å². The second-order valence-corrected chi connectivity index (χ2v) is 6.15. The van der Waals surface area contributed by atoms with Gasteiger partial charge in [0.2, 0.25) is 6.41 Å². The first-order valence-electron chi connectivity index (χ1n) is 8.36. The second-order valence-electron chi connectivity index (χ2n) is 6.15. The number of benzene rings is 1. The van der Waals surface area contributed by atoms with Crippen LogP contribution in [-0.2, 0) is 4.79 Å². The predicted octanol–water partition coefficient (Wildman–Crippen LogP) is 1.98. The number of amides is 3. The standard InChI is InChI=1S/C17H24N4O2/c22-14-19-10-12-21(13-11-19)17(23)18-15-4-6-16(7-5-15)20-8-2-1-3-9-20/h4-7,14H,1-3,8-13H2,(H,18,23). The second kappa shape index (κ2) is 7.35. The van der Waals surface area contributed by atoms with Crippen molar-refractivity contribution < 1.29 is 9.59 Å². The molecule has 2 saturated heterocycles. The van der Waals surface area contributed by atoms with Crippen LogP contribution in [0.15, 0.2) is 24.3 Å². The molecule has 0 bridgehead atoms. The lowest BCUT2D eigenvalue weighted by Gasteiger charge is -2.32. The van der Waals surface area contributed by atoms with Crippen LogP contribution in [0, 0.1) is 0 Å². The van der Waals surface area contributed by atoms with Gasteiger partial charge in [-0.25, -0.2) is 4.79 Å². The first-order chi connectivity index (χ1) is 11.3. The van der Waals surface area contributed by atoms with Crippen LogP contribution in [0.4, 0.5) is 16.2 Å². The minimum absolute atomic E-state index is 0.0960. The van der Waals surface area contributed by atoms with E-state index in [0.717, 1.165) is 25.2 Å². The number of carbonyl (C=O) groups is 2. The first-order valence-corrected chi connectivity index (χ1v) is 8.36. The van der Waals surface area contributed by atoms with E-state index in [9.17, 15) is 9.59 Å². The van der Waals surface area contributed by atoms with Crippen molar-refractivity contribution in [2.24, 2.45) is 0 Å². The van der Waals surface area contributed by atoms with E-state index in [1.165, 1.54) is 24.9 Å². The number of carbonyl (C=O) groups excluding carboxylic acids is 2. The van der Waals surface area contributed by atoms with Gasteiger partial charge in [0.05, 0.1) is 0 Å². The van der Waals surface area contributed by atoms with Gasteiger partial charge in [-0.2, -0.15) is 0 Å². The highest BCUT2D eigenvalue weighted by atomic mass is 16.2. The van der Waals surface area contributed by atoms with Crippen molar-refractivity contribution in [2.45, 2.75) is 19.3 Å². The highest BCUT2D eigenvalue weighted by molar-refractivity contribution is 5.89. The molecule has 0 aromatic heterocycles. The minimum Gasteiger partial charge on any atom is -0.372 e. The molecule has 1 N–H and O–H groups in total. The maximum absolute atomic E-state index is 12.2. The third-order valence-electron chi connectivity index (χ3n) is 4.59. The summed E-state index contributed by atoms with van der Waals surface area (Å²) in [7, 11) is 0. The number of rotatable bonds is 3. The Hall–Kier alpha value is -2.24. The van der Waals surface area contributed by atoms with Crippen LogP contribution in [-0.4, -0.2) is 61.5 Å². The van der Waals surface area contributed by atoms with E-state index < -0.39 is 0 Å².